The van der Waals surface area contributed by atoms with E-state index >= 15 is 0 Å². The molecule has 7 nitrogen and oxygen atoms in total. The van der Waals surface area contributed by atoms with Crippen LogP contribution < -0.4 is 14.4 Å². The number of carbonyl (C=O) groups excluding carboxylic acids is 1. The van der Waals surface area contributed by atoms with Gasteiger partial charge in [-0.2, -0.15) is 0 Å². The SMILES string of the molecule is COc1ccccc1OCC(=O)N1CCN(c2ccc(-c3cccs3)nn2)CC1. The van der Waals surface area contributed by atoms with Crippen LogP contribution in [0, 0.1) is 0 Å². The molecule has 1 amide bonds. The molecule has 0 radical (unpaired) electrons. The van der Waals surface area contributed by atoms with Crippen LogP contribution in [-0.2, 0) is 4.79 Å². The molecule has 1 aliphatic heterocycles. The second-order valence-electron chi connectivity index (χ2n) is 6.56. The summed E-state index contributed by atoms with van der Waals surface area (Å²) in [6.07, 6.45) is 0. The number of rotatable bonds is 6. The number of carbonyl (C=O) groups is 1. The number of piperazine rings is 1. The van der Waals surface area contributed by atoms with Gasteiger partial charge >= 0.3 is 0 Å². The number of thiophene rings is 1. The van der Waals surface area contributed by atoms with Crippen LogP contribution in [0.25, 0.3) is 10.6 Å². The van der Waals surface area contributed by atoms with Crippen molar-refractivity contribution in [3.63, 3.8) is 0 Å². The van der Waals surface area contributed by atoms with E-state index in [1.807, 2.05) is 52.7 Å². The fraction of sp³-hybridized carbons (Fsp3) is 0.286. The van der Waals surface area contributed by atoms with Gasteiger partial charge in [0, 0.05) is 26.2 Å². The second-order valence-corrected chi connectivity index (χ2v) is 7.51. The van der Waals surface area contributed by atoms with Gasteiger partial charge in [0.05, 0.1) is 12.0 Å². The van der Waals surface area contributed by atoms with Gasteiger partial charge in [-0.1, -0.05) is 18.2 Å². The molecule has 0 aliphatic carbocycles. The highest BCUT2D eigenvalue weighted by Gasteiger charge is 2.22. The maximum absolute atomic E-state index is 12.5. The average molecular weight is 410 g/mol. The first-order valence-electron chi connectivity index (χ1n) is 9.41. The standard InChI is InChI=1S/C21H22N4O3S/c1-27-17-5-2-3-6-18(17)28-15-21(26)25-12-10-24(11-13-25)20-9-8-16(22-23-20)19-7-4-14-29-19/h2-9,14H,10-13,15H2,1H3. The summed E-state index contributed by atoms with van der Waals surface area (Å²) in [7, 11) is 1.58. The Morgan fingerprint density at radius 2 is 1.79 bits per heavy atom. The summed E-state index contributed by atoms with van der Waals surface area (Å²) >= 11 is 1.65. The van der Waals surface area contributed by atoms with Crippen LogP contribution in [0.1, 0.15) is 0 Å². The van der Waals surface area contributed by atoms with E-state index in [2.05, 4.69) is 15.1 Å². The molecular formula is C21H22N4O3S. The highest BCUT2D eigenvalue weighted by Crippen LogP contribution is 2.26. The van der Waals surface area contributed by atoms with E-state index < -0.39 is 0 Å². The third-order valence-electron chi connectivity index (χ3n) is 4.80. The zero-order valence-electron chi connectivity index (χ0n) is 16.2. The number of amides is 1. The Labute approximate surface area is 173 Å². The quantitative estimate of drug-likeness (QED) is 0.622. The molecule has 4 rings (SSSR count). The van der Waals surface area contributed by atoms with Crippen molar-refractivity contribution in [3.05, 3.63) is 53.9 Å². The predicted octanol–water partition coefficient (Wildman–Crippen LogP) is 2.94. The van der Waals surface area contributed by atoms with Crippen molar-refractivity contribution >= 4 is 23.1 Å². The van der Waals surface area contributed by atoms with E-state index in [4.69, 9.17) is 9.47 Å². The summed E-state index contributed by atoms with van der Waals surface area (Å²) in [5, 5.41) is 10.7. The molecule has 2 aromatic heterocycles. The molecule has 0 N–H and O–H groups in total. The molecule has 1 aromatic carbocycles. The van der Waals surface area contributed by atoms with Crippen LogP contribution in [0.5, 0.6) is 11.5 Å². The predicted molar refractivity (Wildman–Crippen MR) is 113 cm³/mol. The van der Waals surface area contributed by atoms with E-state index in [1.165, 1.54) is 0 Å². The van der Waals surface area contributed by atoms with Gasteiger partial charge in [-0.05, 0) is 35.7 Å². The molecular weight excluding hydrogens is 388 g/mol. The normalized spacial score (nSPS) is 14.0. The highest BCUT2D eigenvalue weighted by atomic mass is 32.1. The van der Waals surface area contributed by atoms with Crippen LogP contribution >= 0.6 is 11.3 Å². The largest absolute Gasteiger partial charge is 0.493 e. The molecule has 0 bridgehead atoms. The van der Waals surface area contributed by atoms with Crippen LogP contribution in [0.4, 0.5) is 5.82 Å². The number of anilines is 1. The molecule has 150 valence electrons. The van der Waals surface area contributed by atoms with E-state index in [9.17, 15) is 4.79 Å². The van der Waals surface area contributed by atoms with Gasteiger partial charge in [-0.15, -0.1) is 21.5 Å². The van der Waals surface area contributed by atoms with Crippen molar-refractivity contribution in [2.45, 2.75) is 0 Å². The van der Waals surface area contributed by atoms with E-state index in [-0.39, 0.29) is 12.5 Å². The zero-order valence-corrected chi connectivity index (χ0v) is 17.0. The van der Waals surface area contributed by atoms with Crippen molar-refractivity contribution in [2.75, 3.05) is 44.8 Å². The average Bonchev–Trinajstić information content (AvgIpc) is 3.33. The van der Waals surface area contributed by atoms with E-state index in [0.717, 1.165) is 16.4 Å². The van der Waals surface area contributed by atoms with Crippen molar-refractivity contribution in [2.24, 2.45) is 0 Å². The van der Waals surface area contributed by atoms with Gasteiger partial charge in [0.2, 0.25) is 0 Å². The van der Waals surface area contributed by atoms with Crippen molar-refractivity contribution < 1.29 is 14.3 Å². The molecule has 1 fully saturated rings. The van der Waals surface area contributed by atoms with E-state index in [1.54, 1.807) is 24.5 Å². The number of nitrogens with zero attached hydrogens (tertiary/aromatic N) is 4. The molecule has 0 atom stereocenters. The first-order valence-corrected chi connectivity index (χ1v) is 10.3. The smallest absolute Gasteiger partial charge is 0.260 e. The number of methoxy groups -OCH3 is 1. The van der Waals surface area contributed by atoms with Gasteiger partial charge in [0.15, 0.2) is 23.9 Å². The van der Waals surface area contributed by atoms with Crippen molar-refractivity contribution in [1.82, 2.24) is 15.1 Å². The fourth-order valence-electron chi connectivity index (χ4n) is 3.20. The Morgan fingerprint density at radius 1 is 1.00 bits per heavy atom. The molecule has 1 saturated heterocycles. The Hall–Kier alpha value is -3.13. The first kappa shape index (κ1) is 19.2. The summed E-state index contributed by atoms with van der Waals surface area (Å²) in [6.45, 7) is 2.68. The van der Waals surface area contributed by atoms with Crippen molar-refractivity contribution in [1.29, 1.82) is 0 Å². The molecule has 3 aromatic rings. The summed E-state index contributed by atoms with van der Waals surface area (Å²) in [6, 6.07) is 15.3. The molecule has 29 heavy (non-hydrogen) atoms. The number of para-hydroxylation sites is 2. The fourth-order valence-corrected chi connectivity index (χ4v) is 3.89. The second kappa shape index (κ2) is 8.91. The Balaban J connectivity index is 1.29. The summed E-state index contributed by atoms with van der Waals surface area (Å²) in [5.41, 5.74) is 0.881. The van der Waals surface area contributed by atoms with Gasteiger partial charge in [-0.25, -0.2) is 0 Å². The van der Waals surface area contributed by atoms with Crippen LogP contribution in [0.15, 0.2) is 53.9 Å². The third-order valence-corrected chi connectivity index (χ3v) is 5.69. The van der Waals surface area contributed by atoms with E-state index in [0.29, 0.717) is 37.7 Å². The number of aromatic nitrogens is 2. The van der Waals surface area contributed by atoms with Gasteiger partial charge in [-0.3, -0.25) is 4.79 Å². The Kier molecular flexibility index (Phi) is 5.90. The lowest BCUT2D eigenvalue weighted by atomic mass is 10.3. The number of ether oxygens (including phenoxy) is 2. The first-order chi connectivity index (χ1) is 14.2. The molecule has 0 saturated carbocycles. The zero-order chi connectivity index (χ0) is 20.1. The minimum Gasteiger partial charge on any atom is -0.493 e. The van der Waals surface area contributed by atoms with Crippen LogP contribution in [-0.4, -0.2) is 60.9 Å². The maximum Gasteiger partial charge on any atom is 0.260 e. The molecule has 0 spiro atoms. The Morgan fingerprint density at radius 3 is 2.45 bits per heavy atom. The lowest BCUT2D eigenvalue weighted by molar-refractivity contribution is -0.133. The van der Waals surface area contributed by atoms with Crippen LogP contribution in [0.3, 0.4) is 0 Å². The summed E-state index contributed by atoms with van der Waals surface area (Å²) in [4.78, 5) is 17.6. The monoisotopic (exact) mass is 410 g/mol. The number of benzene rings is 1. The summed E-state index contributed by atoms with van der Waals surface area (Å²) < 4.78 is 10.9. The lowest BCUT2D eigenvalue weighted by Crippen LogP contribution is -2.50. The molecule has 8 heteroatoms. The van der Waals surface area contributed by atoms with Gasteiger partial charge in [0.25, 0.3) is 5.91 Å². The maximum atomic E-state index is 12.5. The molecule has 1 aliphatic rings. The van der Waals surface area contributed by atoms with Crippen LogP contribution in [0.2, 0.25) is 0 Å². The third kappa shape index (κ3) is 4.48. The molecule has 0 unspecified atom stereocenters. The topological polar surface area (TPSA) is 67.8 Å². The van der Waals surface area contributed by atoms with Crippen molar-refractivity contribution in [3.8, 4) is 22.1 Å². The van der Waals surface area contributed by atoms with Gasteiger partial charge in [0.1, 0.15) is 5.69 Å². The molecule has 3 heterocycles. The number of hydrogen-bond acceptors (Lipinski definition) is 7. The lowest BCUT2D eigenvalue weighted by Gasteiger charge is -2.35. The minimum atomic E-state index is -0.0327. The Bertz CT molecular complexity index is 939. The summed E-state index contributed by atoms with van der Waals surface area (Å²) in [5.74, 6) is 2.00. The highest BCUT2D eigenvalue weighted by molar-refractivity contribution is 7.13. The van der Waals surface area contributed by atoms with Gasteiger partial charge < -0.3 is 19.3 Å². The minimum absolute atomic E-state index is 0.00428. The number of hydrogen-bond donors (Lipinski definition) is 0.